The summed E-state index contributed by atoms with van der Waals surface area (Å²) in [6, 6.07) is 2.27. The van der Waals surface area contributed by atoms with Gasteiger partial charge in [-0.15, -0.1) is 0 Å². The van der Waals surface area contributed by atoms with E-state index in [4.69, 9.17) is 5.26 Å². The van der Waals surface area contributed by atoms with Crippen LogP contribution in [0.3, 0.4) is 0 Å². The summed E-state index contributed by atoms with van der Waals surface area (Å²) in [5.74, 6) is -6.11. The maximum atomic E-state index is 13.7. The van der Waals surface area contributed by atoms with Crippen molar-refractivity contribution in [3.05, 3.63) is 34.9 Å². The Morgan fingerprint density at radius 1 is 1.30 bits per heavy atom. The molecule has 8 heteroatoms. The Labute approximate surface area is 110 Å². The van der Waals surface area contributed by atoms with E-state index in [1.165, 1.54) is 13.0 Å². The van der Waals surface area contributed by atoms with Gasteiger partial charge in [-0.25, -0.2) is 4.79 Å². The summed E-state index contributed by atoms with van der Waals surface area (Å²) in [6.07, 6.45) is -4.77. The van der Waals surface area contributed by atoms with Crippen molar-refractivity contribution in [1.82, 2.24) is 0 Å². The molecule has 0 fully saturated rings. The van der Waals surface area contributed by atoms with Crippen molar-refractivity contribution < 1.29 is 31.5 Å². The summed E-state index contributed by atoms with van der Waals surface area (Å²) in [7, 11) is 0. The standard InChI is InChI=1S/C12H8F5NO2/c1-2-20-10(19)11(13,14)9-4-3-8(12(15,16)17)5-7(9)6-18/h3-5H,2H2,1H3. The van der Waals surface area contributed by atoms with Gasteiger partial charge < -0.3 is 4.74 Å². The molecule has 3 nitrogen and oxygen atoms in total. The highest BCUT2D eigenvalue weighted by molar-refractivity contribution is 5.80. The predicted molar refractivity (Wildman–Crippen MR) is 56.7 cm³/mol. The smallest absolute Gasteiger partial charge is 0.416 e. The summed E-state index contributed by atoms with van der Waals surface area (Å²) in [5, 5.41) is 8.68. The zero-order valence-corrected chi connectivity index (χ0v) is 10.1. The Bertz CT molecular complexity index is 560. The van der Waals surface area contributed by atoms with Gasteiger partial charge in [0.25, 0.3) is 0 Å². The topological polar surface area (TPSA) is 50.1 Å². The van der Waals surface area contributed by atoms with E-state index in [0.29, 0.717) is 12.1 Å². The fraction of sp³-hybridized carbons (Fsp3) is 0.333. The quantitative estimate of drug-likeness (QED) is 0.635. The van der Waals surface area contributed by atoms with Crippen LogP contribution < -0.4 is 0 Å². The number of benzene rings is 1. The number of nitriles is 1. The van der Waals surface area contributed by atoms with Gasteiger partial charge in [-0.1, -0.05) is 6.07 Å². The highest BCUT2D eigenvalue weighted by atomic mass is 19.4. The first-order valence-corrected chi connectivity index (χ1v) is 5.31. The fourth-order valence-corrected chi connectivity index (χ4v) is 1.42. The van der Waals surface area contributed by atoms with E-state index in [1.807, 2.05) is 0 Å². The van der Waals surface area contributed by atoms with Crippen molar-refractivity contribution in [3.8, 4) is 6.07 Å². The lowest BCUT2D eigenvalue weighted by Gasteiger charge is -2.17. The van der Waals surface area contributed by atoms with Crippen molar-refractivity contribution in [1.29, 1.82) is 5.26 Å². The first-order valence-electron chi connectivity index (χ1n) is 5.31. The molecule has 0 saturated heterocycles. The molecular formula is C12H8F5NO2. The lowest BCUT2D eigenvalue weighted by Crippen LogP contribution is -2.29. The predicted octanol–water partition coefficient (Wildman–Crippen LogP) is 3.23. The molecule has 0 spiro atoms. The minimum atomic E-state index is -4.77. The van der Waals surface area contributed by atoms with Crippen molar-refractivity contribution in [3.63, 3.8) is 0 Å². The number of carbonyl (C=O) groups is 1. The first-order chi connectivity index (χ1) is 9.14. The van der Waals surface area contributed by atoms with Crippen LogP contribution >= 0.6 is 0 Å². The molecule has 0 bridgehead atoms. The maximum Gasteiger partial charge on any atom is 0.416 e. The van der Waals surface area contributed by atoms with Crippen LogP contribution in [0.2, 0.25) is 0 Å². The Balaban J connectivity index is 3.34. The van der Waals surface area contributed by atoms with Crippen LogP contribution in [0.25, 0.3) is 0 Å². The highest BCUT2D eigenvalue weighted by Gasteiger charge is 2.45. The van der Waals surface area contributed by atoms with Crippen molar-refractivity contribution in [2.75, 3.05) is 6.61 Å². The lowest BCUT2D eigenvalue weighted by atomic mass is 9.99. The SMILES string of the molecule is CCOC(=O)C(F)(F)c1ccc(C(F)(F)F)cc1C#N. The highest BCUT2D eigenvalue weighted by Crippen LogP contribution is 2.36. The number of alkyl halides is 5. The summed E-state index contributed by atoms with van der Waals surface area (Å²) >= 11 is 0. The first kappa shape index (κ1) is 15.9. The molecule has 0 unspecified atom stereocenters. The lowest BCUT2D eigenvalue weighted by molar-refractivity contribution is -0.173. The summed E-state index contributed by atoms with van der Waals surface area (Å²) in [5.41, 5.74) is -3.30. The van der Waals surface area contributed by atoms with Crippen LogP contribution in [0.4, 0.5) is 22.0 Å². The molecule has 1 aromatic rings. The Morgan fingerprint density at radius 3 is 2.35 bits per heavy atom. The minimum absolute atomic E-state index is 0.266. The van der Waals surface area contributed by atoms with E-state index in [0.717, 1.165) is 0 Å². The molecule has 108 valence electrons. The van der Waals surface area contributed by atoms with Gasteiger partial charge in [-0.2, -0.15) is 27.2 Å². The van der Waals surface area contributed by atoms with Gasteiger partial charge >= 0.3 is 18.1 Å². The third kappa shape index (κ3) is 3.04. The molecule has 0 heterocycles. The largest absolute Gasteiger partial charge is 0.461 e. The van der Waals surface area contributed by atoms with Crippen molar-refractivity contribution >= 4 is 5.97 Å². The third-order valence-electron chi connectivity index (χ3n) is 2.34. The van der Waals surface area contributed by atoms with E-state index in [-0.39, 0.29) is 12.7 Å². The second-order valence-electron chi connectivity index (χ2n) is 3.66. The number of nitrogens with zero attached hydrogens (tertiary/aromatic N) is 1. The van der Waals surface area contributed by atoms with Gasteiger partial charge in [0.15, 0.2) is 0 Å². The Morgan fingerprint density at radius 2 is 1.90 bits per heavy atom. The van der Waals surface area contributed by atoms with Gasteiger partial charge in [0.1, 0.15) is 0 Å². The van der Waals surface area contributed by atoms with Crippen LogP contribution in [0.15, 0.2) is 18.2 Å². The normalized spacial score (nSPS) is 11.8. The van der Waals surface area contributed by atoms with Gasteiger partial charge in [-0.05, 0) is 19.1 Å². The van der Waals surface area contributed by atoms with E-state index >= 15 is 0 Å². The second kappa shape index (κ2) is 5.45. The number of ether oxygens (including phenoxy) is 1. The average molecular weight is 293 g/mol. The molecule has 20 heavy (non-hydrogen) atoms. The summed E-state index contributed by atoms with van der Waals surface area (Å²) in [6.45, 7) is 0.975. The van der Waals surface area contributed by atoms with Crippen molar-refractivity contribution in [2.45, 2.75) is 19.0 Å². The van der Waals surface area contributed by atoms with Gasteiger partial charge in [0.05, 0.1) is 29.4 Å². The summed E-state index contributed by atoms with van der Waals surface area (Å²) in [4.78, 5) is 11.1. The molecule has 1 rings (SSSR count). The maximum absolute atomic E-state index is 13.7. The van der Waals surface area contributed by atoms with Crippen LogP contribution in [0.5, 0.6) is 0 Å². The molecule has 0 aliphatic heterocycles. The van der Waals surface area contributed by atoms with Crippen molar-refractivity contribution in [2.24, 2.45) is 0 Å². The summed E-state index contributed by atoms with van der Waals surface area (Å²) < 4.78 is 68.8. The van der Waals surface area contributed by atoms with Crippen LogP contribution in [0, 0.1) is 11.3 Å². The number of rotatable bonds is 3. The number of halogens is 5. The number of esters is 1. The molecule has 0 aliphatic rings. The van der Waals surface area contributed by atoms with E-state index in [9.17, 15) is 26.7 Å². The Hall–Kier alpha value is -2.17. The molecule has 0 aliphatic carbocycles. The molecule has 0 aromatic heterocycles. The van der Waals surface area contributed by atoms with Crippen LogP contribution in [0.1, 0.15) is 23.6 Å². The zero-order chi connectivity index (χ0) is 15.6. The molecule has 0 atom stereocenters. The van der Waals surface area contributed by atoms with Gasteiger partial charge in [0, 0.05) is 0 Å². The van der Waals surface area contributed by atoms with Crippen LogP contribution in [-0.2, 0) is 21.6 Å². The molecule has 0 N–H and O–H groups in total. The Kier molecular flexibility index (Phi) is 4.33. The van der Waals surface area contributed by atoms with Gasteiger partial charge in [0.2, 0.25) is 0 Å². The van der Waals surface area contributed by atoms with E-state index < -0.39 is 34.8 Å². The van der Waals surface area contributed by atoms with Crippen LogP contribution in [-0.4, -0.2) is 12.6 Å². The van der Waals surface area contributed by atoms with E-state index in [1.54, 1.807) is 0 Å². The monoisotopic (exact) mass is 293 g/mol. The molecule has 0 saturated carbocycles. The molecule has 0 amide bonds. The minimum Gasteiger partial charge on any atom is -0.461 e. The third-order valence-corrected chi connectivity index (χ3v) is 2.34. The molecule has 0 radical (unpaired) electrons. The zero-order valence-electron chi connectivity index (χ0n) is 10.1. The number of hydrogen-bond acceptors (Lipinski definition) is 3. The second-order valence-corrected chi connectivity index (χ2v) is 3.66. The number of carbonyl (C=O) groups excluding carboxylic acids is 1. The molecular weight excluding hydrogens is 285 g/mol. The fourth-order valence-electron chi connectivity index (χ4n) is 1.42. The molecule has 1 aromatic carbocycles. The average Bonchev–Trinajstić information content (AvgIpc) is 2.37. The van der Waals surface area contributed by atoms with Gasteiger partial charge in [-0.3, -0.25) is 0 Å². The van der Waals surface area contributed by atoms with E-state index in [2.05, 4.69) is 4.74 Å². The number of hydrogen-bond donors (Lipinski definition) is 0.